The van der Waals surface area contributed by atoms with Gasteiger partial charge in [-0.1, -0.05) is 6.92 Å². The molecule has 1 aliphatic heterocycles. The third-order valence-electron chi connectivity index (χ3n) is 3.48. The first-order valence-electron chi connectivity index (χ1n) is 7.18. The molecule has 1 fully saturated rings. The van der Waals surface area contributed by atoms with Crippen molar-refractivity contribution in [2.24, 2.45) is 0 Å². The van der Waals surface area contributed by atoms with Crippen molar-refractivity contribution in [1.29, 1.82) is 0 Å². The van der Waals surface area contributed by atoms with Crippen molar-refractivity contribution in [2.45, 2.75) is 45.8 Å². The maximum absolute atomic E-state index is 9.85. The van der Waals surface area contributed by atoms with E-state index >= 15 is 0 Å². The van der Waals surface area contributed by atoms with Gasteiger partial charge >= 0.3 is 0 Å². The molecule has 0 spiro atoms. The highest BCUT2D eigenvalue weighted by Crippen LogP contribution is 2.20. The molecule has 4 heteroatoms. The van der Waals surface area contributed by atoms with Crippen LogP contribution in [0.5, 0.6) is 5.75 Å². The highest BCUT2D eigenvalue weighted by atomic mass is 16.5. The number of pyridine rings is 1. The molecule has 4 nitrogen and oxygen atoms in total. The minimum atomic E-state index is 0.294. The van der Waals surface area contributed by atoms with Gasteiger partial charge in [0, 0.05) is 25.4 Å². The van der Waals surface area contributed by atoms with Crippen LogP contribution in [-0.2, 0) is 11.3 Å². The molecule has 1 aromatic rings. The summed E-state index contributed by atoms with van der Waals surface area (Å²) in [5, 5.41) is 9.85. The van der Waals surface area contributed by atoms with Gasteiger partial charge in [0.2, 0.25) is 0 Å². The van der Waals surface area contributed by atoms with Crippen molar-refractivity contribution in [3.63, 3.8) is 0 Å². The van der Waals surface area contributed by atoms with Crippen LogP contribution >= 0.6 is 0 Å². The number of ether oxygens (including phenoxy) is 1. The lowest BCUT2D eigenvalue weighted by atomic mass is 10.1. The van der Waals surface area contributed by atoms with E-state index in [1.807, 2.05) is 13.0 Å². The van der Waals surface area contributed by atoms with Crippen molar-refractivity contribution in [3.8, 4) is 5.75 Å². The first-order chi connectivity index (χ1) is 9.19. The standard InChI is InChI=1S/C15H24N2O2/c1-3-9-19-13-5-4-8-17(10-13)11-14-15(18)7-6-12(2)16-14/h6-7,13,18H,3-5,8-11H2,1-2H3. The fourth-order valence-corrected chi connectivity index (χ4v) is 2.51. The molecule has 0 amide bonds. The van der Waals surface area contributed by atoms with Crippen LogP contribution in [0.2, 0.25) is 0 Å². The molecular weight excluding hydrogens is 240 g/mol. The zero-order valence-corrected chi connectivity index (χ0v) is 11.9. The van der Waals surface area contributed by atoms with Gasteiger partial charge in [-0.15, -0.1) is 0 Å². The highest BCUT2D eigenvalue weighted by Gasteiger charge is 2.21. The molecule has 2 heterocycles. The van der Waals surface area contributed by atoms with E-state index in [-0.39, 0.29) is 0 Å². The van der Waals surface area contributed by atoms with Gasteiger partial charge in [0.05, 0.1) is 11.8 Å². The third kappa shape index (κ3) is 4.18. The molecule has 1 N–H and O–H groups in total. The van der Waals surface area contributed by atoms with Crippen molar-refractivity contribution in [3.05, 3.63) is 23.5 Å². The lowest BCUT2D eigenvalue weighted by molar-refractivity contribution is -0.00270. The summed E-state index contributed by atoms with van der Waals surface area (Å²) in [6, 6.07) is 3.56. The largest absolute Gasteiger partial charge is 0.506 e. The predicted molar refractivity (Wildman–Crippen MR) is 75.2 cm³/mol. The van der Waals surface area contributed by atoms with Crippen molar-refractivity contribution in [1.82, 2.24) is 9.88 Å². The second kappa shape index (κ2) is 6.87. The second-order valence-electron chi connectivity index (χ2n) is 5.29. The maximum atomic E-state index is 9.85. The Morgan fingerprint density at radius 3 is 3.11 bits per heavy atom. The summed E-state index contributed by atoms with van der Waals surface area (Å²) in [6.07, 6.45) is 3.70. The van der Waals surface area contributed by atoms with Gasteiger partial charge < -0.3 is 9.84 Å². The Morgan fingerprint density at radius 1 is 1.47 bits per heavy atom. The molecule has 1 aromatic heterocycles. The van der Waals surface area contributed by atoms with Gasteiger partial charge in [0.25, 0.3) is 0 Å². The molecule has 0 aliphatic carbocycles. The summed E-state index contributed by atoms with van der Waals surface area (Å²) in [5.74, 6) is 0.294. The summed E-state index contributed by atoms with van der Waals surface area (Å²) >= 11 is 0. The minimum Gasteiger partial charge on any atom is -0.506 e. The van der Waals surface area contributed by atoms with E-state index in [0.29, 0.717) is 18.4 Å². The summed E-state index contributed by atoms with van der Waals surface area (Å²) < 4.78 is 5.83. The zero-order valence-electron chi connectivity index (χ0n) is 11.9. The van der Waals surface area contributed by atoms with Crippen LogP contribution in [0, 0.1) is 6.92 Å². The minimum absolute atomic E-state index is 0.294. The zero-order chi connectivity index (χ0) is 13.7. The Bertz CT molecular complexity index is 409. The van der Waals surface area contributed by atoms with E-state index in [1.54, 1.807) is 6.07 Å². The van der Waals surface area contributed by atoms with Crippen molar-refractivity contribution < 1.29 is 9.84 Å². The average Bonchev–Trinajstić information content (AvgIpc) is 2.41. The smallest absolute Gasteiger partial charge is 0.138 e. The molecule has 0 aromatic carbocycles. The van der Waals surface area contributed by atoms with Gasteiger partial charge in [0.1, 0.15) is 5.75 Å². The molecule has 1 atom stereocenters. The van der Waals surface area contributed by atoms with E-state index in [2.05, 4.69) is 16.8 Å². The fraction of sp³-hybridized carbons (Fsp3) is 0.667. The monoisotopic (exact) mass is 264 g/mol. The van der Waals surface area contributed by atoms with Crippen LogP contribution in [0.25, 0.3) is 0 Å². The van der Waals surface area contributed by atoms with Crippen molar-refractivity contribution in [2.75, 3.05) is 19.7 Å². The SMILES string of the molecule is CCCOC1CCCN(Cc2nc(C)ccc2O)C1. The Kier molecular flexibility index (Phi) is 5.16. The van der Waals surface area contributed by atoms with Crippen LogP contribution in [-0.4, -0.2) is 40.8 Å². The van der Waals surface area contributed by atoms with E-state index in [9.17, 15) is 5.11 Å². The molecule has 2 rings (SSSR count). The Labute approximate surface area is 115 Å². The van der Waals surface area contributed by atoms with E-state index in [0.717, 1.165) is 50.3 Å². The third-order valence-corrected chi connectivity index (χ3v) is 3.48. The first kappa shape index (κ1) is 14.3. The molecular formula is C15H24N2O2. The summed E-state index contributed by atoms with van der Waals surface area (Å²) in [4.78, 5) is 6.75. The topological polar surface area (TPSA) is 45.6 Å². The number of hydrogen-bond acceptors (Lipinski definition) is 4. The predicted octanol–water partition coefficient (Wildman–Crippen LogP) is 2.49. The highest BCUT2D eigenvalue weighted by molar-refractivity contribution is 5.27. The van der Waals surface area contributed by atoms with E-state index < -0.39 is 0 Å². The van der Waals surface area contributed by atoms with Gasteiger partial charge in [-0.2, -0.15) is 0 Å². The number of aromatic hydroxyl groups is 1. The molecule has 1 saturated heterocycles. The molecule has 0 bridgehead atoms. The second-order valence-corrected chi connectivity index (χ2v) is 5.29. The summed E-state index contributed by atoms with van der Waals surface area (Å²) in [5.41, 5.74) is 1.72. The molecule has 1 aliphatic rings. The summed E-state index contributed by atoms with van der Waals surface area (Å²) in [6.45, 7) is 7.63. The van der Waals surface area contributed by atoms with Crippen LogP contribution in [0.1, 0.15) is 37.6 Å². The van der Waals surface area contributed by atoms with Crippen LogP contribution in [0.4, 0.5) is 0 Å². The van der Waals surface area contributed by atoms with Crippen LogP contribution < -0.4 is 0 Å². The maximum Gasteiger partial charge on any atom is 0.138 e. The van der Waals surface area contributed by atoms with Gasteiger partial charge in [-0.3, -0.25) is 9.88 Å². The number of likely N-dealkylation sites (tertiary alicyclic amines) is 1. The van der Waals surface area contributed by atoms with Gasteiger partial charge in [0.15, 0.2) is 0 Å². The lowest BCUT2D eigenvalue weighted by Crippen LogP contribution is -2.39. The van der Waals surface area contributed by atoms with E-state index in [1.165, 1.54) is 0 Å². The molecule has 0 saturated carbocycles. The number of aromatic nitrogens is 1. The molecule has 0 radical (unpaired) electrons. The Hall–Kier alpha value is -1.13. The number of piperidine rings is 1. The number of hydrogen-bond donors (Lipinski definition) is 1. The number of rotatable bonds is 5. The first-order valence-corrected chi connectivity index (χ1v) is 7.18. The number of aryl methyl sites for hydroxylation is 1. The van der Waals surface area contributed by atoms with Crippen LogP contribution in [0.15, 0.2) is 12.1 Å². The lowest BCUT2D eigenvalue weighted by Gasteiger charge is -2.32. The van der Waals surface area contributed by atoms with Gasteiger partial charge in [-0.05, 0) is 44.9 Å². The average molecular weight is 264 g/mol. The van der Waals surface area contributed by atoms with Gasteiger partial charge in [-0.25, -0.2) is 0 Å². The van der Waals surface area contributed by atoms with Crippen molar-refractivity contribution >= 4 is 0 Å². The Balaban J connectivity index is 1.93. The number of nitrogens with zero attached hydrogens (tertiary/aromatic N) is 2. The molecule has 19 heavy (non-hydrogen) atoms. The van der Waals surface area contributed by atoms with Crippen LogP contribution in [0.3, 0.4) is 0 Å². The Morgan fingerprint density at radius 2 is 2.32 bits per heavy atom. The normalized spacial score (nSPS) is 20.6. The fourth-order valence-electron chi connectivity index (χ4n) is 2.51. The van der Waals surface area contributed by atoms with E-state index in [4.69, 9.17) is 4.74 Å². The molecule has 1 unspecified atom stereocenters. The quantitative estimate of drug-likeness (QED) is 0.887. The molecule has 106 valence electrons. The summed E-state index contributed by atoms with van der Waals surface area (Å²) in [7, 11) is 0.